The van der Waals surface area contributed by atoms with Gasteiger partial charge in [-0.3, -0.25) is 9.59 Å². The zero-order valence-corrected chi connectivity index (χ0v) is 13.6. The maximum absolute atomic E-state index is 12.1. The fourth-order valence-electron chi connectivity index (χ4n) is 2.41. The van der Waals surface area contributed by atoms with Crippen molar-refractivity contribution >= 4 is 24.2 Å². The Hall–Kier alpha value is -1.59. The van der Waals surface area contributed by atoms with Crippen LogP contribution in [0.25, 0.3) is 0 Å². The summed E-state index contributed by atoms with van der Waals surface area (Å²) < 4.78 is 0. The summed E-state index contributed by atoms with van der Waals surface area (Å²) in [6.07, 6.45) is 1.89. The summed E-state index contributed by atoms with van der Waals surface area (Å²) in [6.45, 7) is 3.86. The average Bonchev–Trinajstić information content (AvgIpc) is 2.54. The quantitative estimate of drug-likeness (QED) is 0.762. The number of carbonyl (C=O) groups excluding carboxylic acids is 2. The van der Waals surface area contributed by atoms with Gasteiger partial charge in [-0.1, -0.05) is 30.3 Å². The van der Waals surface area contributed by atoms with Crippen LogP contribution >= 0.6 is 12.4 Å². The molecule has 1 aliphatic rings. The van der Waals surface area contributed by atoms with Crippen molar-refractivity contribution in [3.05, 3.63) is 35.9 Å². The van der Waals surface area contributed by atoms with E-state index in [0.29, 0.717) is 13.1 Å². The van der Waals surface area contributed by atoms with Gasteiger partial charge in [0.25, 0.3) is 0 Å². The van der Waals surface area contributed by atoms with E-state index >= 15 is 0 Å². The van der Waals surface area contributed by atoms with Crippen LogP contribution in [0.4, 0.5) is 0 Å². The molecule has 6 heteroatoms. The van der Waals surface area contributed by atoms with Crippen molar-refractivity contribution in [2.75, 3.05) is 13.1 Å². The lowest BCUT2D eigenvalue weighted by Crippen LogP contribution is -2.49. The second kappa shape index (κ2) is 9.43. The number of amides is 2. The molecule has 0 aliphatic carbocycles. The first-order chi connectivity index (χ1) is 10.2. The predicted octanol–water partition coefficient (Wildman–Crippen LogP) is 1.23. The minimum atomic E-state index is -0.511. The molecule has 0 spiro atoms. The number of halogens is 1. The van der Waals surface area contributed by atoms with E-state index in [1.54, 1.807) is 6.92 Å². The van der Waals surface area contributed by atoms with E-state index in [1.807, 2.05) is 30.3 Å². The van der Waals surface area contributed by atoms with Crippen molar-refractivity contribution < 1.29 is 9.59 Å². The maximum Gasteiger partial charge on any atom is 0.242 e. The van der Waals surface area contributed by atoms with Crippen LogP contribution in [-0.4, -0.2) is 30.9 Å². The van der Waals surface area contributed by atoms with Crippen LogP contribution in [0.3, 0.4) is 0 Å². The van der Waals surface area contributed by atoms with Gasteiger partial charge in [-0.2, -0.15) is 0 Å². The standard InChI is InChI=1S/C16H23N3O2.ClH/c1-12(19-16(21)14-8-5-9-17-11-14)15(20)18-10-13-6-3-2-4-7-13;/h2-4,6-7,12,14,17H,5,8-11H2,1H3,(H,18,20)(H,19,21);1H. The zero-order valence-electron chi connectivity index (χ0n) is 12.8. The van der Waals surface area contributed by atoms with Gasteiger partial charge in [0.05, 0.1) is 5.92 Å². The Morgan fingerprint density at radius 1 is 1.32 bits per heavy atom. The lowest BCUT2D eigenvalue weighted by Gasteiger charge is -2.23. The molecule has 122 valence electrons. The second-order valence-electron chi connectivity index (χ2n) is 5.48. The van der Waals surface area contributed by atoms with Crippen molar-refractivity contribution in [2.24, 2.45) is 5.92 Å². The molecule has 0 aromatic heterocycles. The SMILES string of the molecule is CC(NC(=O)C1CCCNC1)C(=O)NCc1ccccc1.Cl. The number of rotatable bonds is 5. The van der Waals surface area contributed by atoms with Crippen molar-refractivity contribution in [1.29, 1.82) is 0 Å². The van der Waals surface area contributed by atoms with Gasteiger partial charge in [0.15, 0.2) is 0 Å². The Morgan fingerprint density at radius 2 is 2.05 bits per heavy atom. The monoisotopic (exact) mass is 325 g/mol. The third kappa shape index (κ3) is 5.66. The van der Waals surface area contributed by atoms with Crippen LogP contribution < -0.4 is 16.0 Å². The van der Waals surface area contributed by atoms with Crippen LogP contribution in [0.5, 0.6) is 0 Å². The minimum absolute atomic E-state index is 0. The van der Waals surface area contributed by atoms with Crippen molar-refractivity contribution in [3.8, 4) is 0 Å². The lowest BCUT2D eigenvalue weighted by molar-refractivity contribution is -0.131. The van der Waals surface area contributed by atoms with Crippen LogP contribution in [0.1, 0.15) is 25.3 Å². The number of hydrogen-bond acceptors (Lipinski definition) is 3. The van der Waals surface area contributed by atoms with Gasteiger partial charge in [0, 0.05) is 13.1 Å². The molecule has 1 aromatic rings. The van der Waals surface area contributed by atoms with E-state index in [4.69, 9.17) is 0 Å². The van der Waals surface area contributed by atoms with E-state index in [-0.39, 0.29) is 30.1 Å². The molecule has 22 heavy (non-hydrogen) atoms. The number of piperidine rings is 1. The van der Waals surface area contributed by atoms with Crippen LogP contribution in [0, 0.1) is 5.92 Å². The molecular weight excluding hydrogens is 302 g/mol. The summed E-state index contributed by atoms with van der Waals surface area (Å²) >= 11 is 0. The highest BCUT2D eigenvalue weighted by molar-refractivity contribution is 5.88. The topological polar surface area (TPSA) is 70.2 Å². The Balaban J connectivity index is 0.00000242. The predicted molar refractivity (Wildman–Crippen MR) is 88.7 cm³/mol. The molecule has 1 fully saturated rings. The van der Waals surface area contributed by atoms with Gasteiger partial charge in [0.2, 0.25) is 11.8 Å². The van der Waals surface area contributed by atoms with E-state index < -0.39 is 6.04 Å². The molecule has 1 heterocycles. The molecule has 0 bridgehead atoms. The Morgan fingerprint density at radius 3 is 2.68 bits per heavy atom. The Kier molecular flexibility index (Phi) is 7.91. The zero-order chi connectivity index (χ0) is 15.1. The summed E-state index contributed by atoms with van der Waals surface area (Å²) in [5.74, 6) is -0.219. The van der Waals surface area contributed by atoms with Gasteiger partial charge < -0.3 is 16.0 Å². The number of hydrogen-bond donors (Lipinski definition) is 3. The van der Waals surface area contributed by atoms with Gasteiger partial charge >= 0.3 is 0 Å². The molecule has 1 aromatic carbocycles. The molecule has 3 N–H and O–H groups in total. The molecule has 2 rings (SSSR count). The van der Waals surface area contributed by atoms with Crippen LogP contribution in [-0.2, 0) is 16.1 Å². The molecule has 2 unspecified atom stereocenters. The van der Waals surface area contributed by atoms with E-state index in [2.05, 4.69) is 16.0 Å². The number of carbonyl (C=O) groups is 2. The maximum atomic E-state index is 12.1. The fourth-order valence-corrected chi connectivity index (χ4v) is 2.41. The van der Waals surface area contributed by atoms with Gasteiger partial charge in [0.1, 0.15) is 6.04 Å². The molecule has 0 saturated carbocycles. The van der Waals surface area contributed by atoms with Gasteiger partial charge in [-0.05, 0) is 31.9 Å². The van der Waals surface area contributed by atoms with Crippen LogP contribution in [0.15, 0.2) is 30.3 Å². The van der Waals surface area contributed by atoms with Crippen molar-refractivity contribution in [1.82, 2.24) is 16.0 Å². The fraction of sp³-hybridized carbons (Fsp3) is 0.500. The minimum Gasteiger partial charge on any atom is -0.350 e. The molecule has 1 aliphatic heterocycles. The first-order valence-electron chi connectivity index (χ1n) is 7.49. The van der Waals surface area contributed by atoms with E-state index in [9.17, 15) is 9.59 Å². The summed E-state index contributed by atoms with van der Waals surface area (Å²) in [5, 5.41) is 8.84. The number of nitrogens with one attached hydrogen (secondary N) is 3. The molecule has 0 radical (unpaired) electrons. The third-order valence-corrected chi connectivity index (χ3v) is 3.73. The summed E-state index contributed by atoms with van der Waals surface area (Å²) in [4.78, 5) is 24.0. The second-order valence-corrected chi connectivity index (χ2v) is 5.48. The smallest absolute Gasteiger partial charge is 0.242 e. The lowest BCUT2D eigenvalue weighted by atomic mass is 9.98. The summed E-state index contributed by atoms with van der Waals surface area (Å²) in [5.41, 5.74) is 1.04. The molecular formula is C16H24ClN3O2. The Labute approximate surface area is 137 Å². The van der Waals surface area contributed by atoms with Gasteiger partial charge in [-0.25, -0.2) is 0 Å². The van der Waals surface area contributed by atoms with E-state index in [1.165, 1.54) is 0 Å². The summed E-state index contributed by atoms with van der Waals surface area (Å²) in [7, 11) is 0. The Bertz CT molecular complexity index is 476. The highest BCUT2D eigenvalue weighted by Crippen LogP contribution is 2.10. The van der Waals surface area contributed by atoms with E-state index in [0.717, 1.165) is 24.9 Å². The van der Waals surface area contributed by atoms with Crippen molar-refractivity contribution in [2.45, 2.75) is 32.4 Å². The molecule has 2 amide bonds. The third-order valence-electron chi connectivity index (χ3n) is 3.73. The largest absolute Gasteiger partial charge is 0.350 e. The molecule has 1 saturated heterocycles. The first-order valence-corrected chi connectivity index (χ1v) is 7.49. The number of benzene rings is 1. The normalized spacial score (nSPS) is 18.7. The van der Waals surface area contributed by atoms with Crippen LogP contribution in [0.2, 0.25) is 0 Å². The van der Waals surface area contributed by atoms with Gasteiger partial charge in [-0.15, -0.1) is 12.4 Å². The summed E-state index contributed by atoms with van der Waals surface area (Å²) in [6, 6.07) is 9.20. The molecule has 2 atom stereocenters. The highest BCUT2D eigenvalue weighted by Gasteiger charge is 2.24. The van der Waals surface area contributed by atoms with Crippen molar-refractivity contribution in [3.63, 3.8) is 0 Å². The first kappa shape index (κ1) is 18.5. The average molecular weight is 326 g/mol. The highest BCUT2D eigenvalue weighted by atomic mass is 35.5. The molecule has 5 nitrogen and oxygen atoms in total.